The maximum atomic E-state index is 9.42. The zero-order valence-corrected chi connectivity index (χ0v) is 11.5. The summed E-state index contributed by atoms with van der Waals surface area (Å²) in [6, 6.07) is 8.22. The van der Waals surface area contributed by atoms with Crippen molar-refractivity contribution in [1.82, 2.24) is 20.0 Å². The van der Waals surface area contributed by atoms with Crippen molar-refractivity contribution in [3.8, 4) is 0 Å². The number of hydrogen-bond donors (Lipinski definition) is 2. The number of aromatic amines is 1. The average Bonchev–Trinajstić information content (AvgIpc) is 3.05. The number of hydrogen-bond acceptors (Lipinski definition) is 3. The Labute approximate surface area is 117 Å². The van der Waals surface area contributed by atoms with Crippen LogP contribution < -0.4 is 0 Å². The van der Waals surface area contributed by atoms with Gasteiger partial charge in [0.2, 0.25) is 0 Å². The Morgan fingerprint density at radius 1 is 1.30 bits per heavy atom. The minimum absolute atomic E-state index is 0.0681. The van der Waals surface area contributed by atoms with Gasteiger partial charge in [0.25, 0.3) is 0 Å². The summed E-state index contributed by atoms with van der Waals surface area (Å²) in [7, 11) is 0. The number of rotatable bonds is 5. The SMILES string of the molecule is CCCn1nnc(CO)c1Cc1c[nH]c2ccccc12. The molecule has 20 heavy (non-hydrogen) atoms. The number of fused-ring (bicyclic) bond motifs is 1. The predicted octanol–water partition coefficient (Wildman–Crippen LogP) is 2.25. The fourth-order valence-electron chi connectivity index (χ4n) is 2.53. The van der Waals surface area contributed by atoms with E-state index in [1.807, 2.05) is 23.0 Å². The van der Waals surface area contributed by atoms with Crippen LogP contribution in [0.4, 0.5) is 0 Å². The lowest BCUT2D eigenvalue weighted by molar-refractivity contribution is 0.275. The number of para-hydroxylation sites is 1. The topological polar surface area (TPSA) is 66.7 Å². The Kier molecular flexibility index (Phi) is 3.52. The molecule has 0 unspecified atom stereocenters. The van der Waals surface area contributed by atoms with Gasteiger partial charge in [-0.15, -0.1) is 5.10 Å². The van der Waals surface area contributed by atoms with Crippen molar-refractivity contribution in [3.63, 3.8) is 0 Å². The molecule has 104 valence electrons. The van der Waals surface area contributed by atoms with Crippen LogP contribution in [-0.4, -0.2) is 25.1 Å². The van der Waals surface area contributed by atoms with E-state index in [0.717, 1.165) is 30.6 Å². The molecule has 3 aromatic rings. The van der Waals surface area contributed by atoms with Crippen molar-refractivity contribution in [2.45, 2.75) is 32.9 Å². The number of nitrogens with zero attached hydrogens (tertiary/aromatic N) is 3. The second kappa shape index (κ2) is 5.46. The van der Waals surface area contributed by atoms with Crippen molar-refractivity contribution >= 4 is 10.9 Å². The van der Waals surface area contributed by atoms with Crippen molar-refractivity contribution < 1.29 is 5.11 Å². The van der Waals surface area contributed by atoms with E-state index in [9.17, 15) is 5.11 Å². The summed E-state index contributed by atoms with van der Waals surface area (Å²) in [5.74, 6) is 0. The maximum absolute atomic E-state index is 9.42. The van der Waals surface area contributed by atoms with Crippen molar-refractivity contribution in [1.29, 1.82) is 0 Å². The smallest absolute Gasteiger partial charge is 0.112 e. The maximum Gasteiger partial charge on any atom is 0.112 e. The predicted molar refractivity (Wildman–Crippen MR) is 77.3 cm³/mol. The van der Waals surface area contributed by atoms with Crippen LogP contribution in [0.2, 0.25) is 0 Å². The van der Waals surface area contributed by atoms with E-state index in [1.54, 1.807) is 0 Å². The Morgan fingerprint density at radius 2 is 2.15 bits per heavy atom. The molecule has 0 spiro atoms. The summed E-state index contributed by atoms with van der Waals surface area (Å²) in [4.78, 5) is 3.28. The van der Waals surface area contributed by atoms with Gasteiger partial charge in [-0.1, -0.05) is 30.3 Å². The van der Waals surface area contributed by atoms with E-state index in [2.05, 4.69) is 34.4 Å². The van der Waals surface area contributed by atoms with Crippen LogP contribution in [0, 0.1) is 0 Å². The third-order valence-corrected chi connectivity index (χ3v) is 3.54. The van der Waals surface area contributed by atoms with E-state index in [4.69, 9.17) is 0 Å². The lowest BCUT2D eigenvalue weighted by Crippen LogP contribution is -2.06. The lowest BCUT2D eigenvalue weighted by Gasteiger charge is -2.06. The molecule has 0 amide bonds. The van der Waals surface area contributed by atoms with Crippen LogP contribution in [0.5, 0.6) is 0 Å². The van der Waals surface area contributed by atoms with Gasteiger partial charge >= 0.3 is 0 Å². The second-order valence-electron chi connectivity index (χ2n) is 4.90. The monoisotopic (exact) mass is 270 g/mol. The second-order valence-corrected chi connectivity index (χ2v) is 4.90. The lowest BCUT2D eigenvalue weighted by atomic mass is 10.1. The number of aromatic nitrogens is 4. The Hall–Kier alpha value is -2.14. The largest absolute Gasteiger partial charge is 0.390 e. The van der Waals surface area contributed by atoms with Crippen LogP contribution >= 0.6 is 0 Å². The van der Waals surface area contributed by atoms with Gasteiger partial charge < -0.3 is 10.1 Å². The van der Waals surface area contributed by atoms with Crippen LogP contribution in [0.1, 0.15) is 30.3 Å². The third-order valence-electron chi connectivity index (χ3n) is 3.54. The number of nitrogens with one attached hydrogen (secondary N) is 1. The summed E-state index contributed by atoms with van der Waals surface area (Å²) >= 11 is 0. The Bertz CT molecular complexity index is 714. The molecule has 3 rings (SSSR count). The minimum atomic E-state index is -0.0681. The molecular formula is C15H18N4O. The summed E-state index contributed by atoms with van der Waals surface area (Å²) in [5, 5.41) is 18.8. The molecule has 0 radical (unpaired) electrons. The number of aliphatic hydroxyl groups is 1. The number of aryl methyl sites for hydroxylation is 1. The summed E-state index contributed by atoms with van der Waals surface area (Å²) in [6.07, 6.45) is 3.75. The average molecular weight is 270 g/mol. The summed E-state index contributed by atoms with van der Waals surface area (Å²) in [5.41, 5.74) is 4.00. The highest BCUT2D eigenvalue weighted by Gasteiger charge is 2.14. The van der Waals surface area contributed by atoms with Gasteiger partial charge in [0.05, 0.1) is 12.3 Å². The highest BCUT2D eigenvalue weighted by Crippen LogP contribution is 2.22. The molecule has 2 N–H and O–H groups in total. The molecule has 5 heteroatoms. The molecule has 1 aromatic carbocycles. The molecule has 0 aliphatic carbocycles. The molecule has 0 aliphatic rings. The molecule has 2 aromatic heterocycles. The first kappa shape index (κ1) is 12.9. The van der Waals surface area contributed by atoms with Gasteiger partial charge in [0.1, 0.15) is 5.69 Å². The molecule has 0 bridgehead atoms. The summed E-state index contributed by atoms with van der Waals surface area (Å²) < 4.78 is 1.90. The fourth-order valence-corrected chi connectivity index (χ4v) is 2.53. The molecule has 5 nitrogen and oxygen atoms in total. The van der Waals surface area contributed by atoms with Crippen molar-refractivity contribution in [2.24, 2.45) is 0 Å². The van der Waals surface area contributed by atoms with Crippen LogP contribution in [0.25, 0.3) is 10.9 Å². The van der Waals surface area contributed by atoms with Crippen molar-refractivity contribution in [2.75, 3.05) is 0 Å². The normalized spacial score (nSPS) is 11.3. The quantitative estimate of drug-likeness (QED) is 0.747. The van der Waals surface area contributed by atoms with E-state index < -0.39 is 0 Å². The van der Waals surface area contributed by atoms with Crippen LogP contribution in [-0.2, 0) is 19.6 Å². The van der Waals surface area contributed by atoms with Gasteiger partial charge in [0, 0.05) is 30.1 Å². The van der Waals surface area contributed by atoms with E-state index in [0.29, 0.717) is 5.69 Å². The van der Waals surface area contributed by atoms with E-state index >= 15 is 0 Å². The Balaban J connectivity index is 2.00. The van der Waals surface area contributed by atoms with Gasteiger partial charge in [-0.25, -0.2) is 4.68 Å². The number of aliphatic hydroxyl groups excluding tert-OH is 1. The summed E-state index contributed by atoms with van der Waals surface area (Å²) in [6.45, 7) is 2.86. The third kappa shape index (κ3) is 2.20. The van der Waals surface area contributed by atoms with Gasteiger partial charge in [0.15, 0.2) is 0 Å². The van der Waals surface area contributed by atoms with E-state index in [1.165, 1.54) is 10.9 Å². The zero-order chi connectivity index (χ0) is 13.9. The fraction of sp³-hybridized carbons (Fsp3) is 0.333. The molecule has 0 atom stereocenters. The van der Waals surface area contributed by atoms with Gasteiger partial charge in [-0.2, -0.15) is 0 Å². The first-order chi connectivity index (χ1) is 9.83. The number of benzene rings is 1. The molecule has 2 heterocycles. The molecule has 0 fully saturated rings. The number of H-pyrrole nitrogens is 1. The molecule has 0 aliphatic heterocycles. The zero-order valence-electron chi connectivity index (χ0n) is 11.5. The van der Waals surface area contributed by atoms with Crippen LogP contribution in [0.15, 0.2) is 30.5 Å². The molecule has 0 saturated heterocycles. The minimum Gasteiger partial charge on any atom is -0.390 e. The van der Waals surface area contributed by atoms with E-state index in [-0.39, 0.29) is 6.61 Å². The molecular weight excluding hydrogens is 252 g/mol. The first-order valence-corrected chi connectivity index (χ1v) is 6.90. The molecule has 0 saturated carbocycles. The highest BCUT2D eigenvalue weighted by molar-refractivity contribution is 5.83. The Morgan fingerprint density at radius 3 is 2.95 bits per heavy atom. The standard InChI is InChI=1S/C15H18N4O/c1-2-7-19-15(14(10-20)17-18-19)8-11-9-16-13-6-4-3-5-12(11)13/h3-6,9,16,20H,2,7-8,10H2,1H3. The van der Waals surface area contributed by atoms with Crippen LogP contribution in [0.3, 0.4) is 0 Å². The first-order valence-electron chi connectivity index (χ1n) is 6.90. The van der Waals surface area contributed by atoms with Gasteiger partial charge in [-0.05, 0) is 18.1 Å². The van der Waals surface area contributed by atoms with Gasteiger partial charge in [-0.3, -0.25) is 0 Å². The van der Waals surface area contributed by atoms with Crippen molar-refractivity contribution in [3.05, 3.63) is 47.4 Å². The highest BCUT2D eigenvalue weighted by atomic mass is 16.3.